The van der Waals surface area contributed by atoms with E-state index in [1.54, 1.807) is 11.0 Å². The molecule has 106 valence electrons. The molecule has 1 aromatic heterocycles. The van der Waals surface area contributed by atoms with Crippen molar-refractivity contribution >= 4 is 17.5 Å². The van der Waals surface area contributed by atoms with E-state index < -0.39 is 0 Å². The number of carbonyl (C=O) groups excluding carboxylic acids is 1. The third kappa shape index (κ3) is 3.40. The summed E-state index contributed by atoms with van der Waals surface area (Å²) in [5.41, 5.74) is 0.383. The second-order valence-electron chi connectivity index (χ2n) is 5.00. The zero-order valence-electron chi connectivity index (χ0n) is 11.5. The molecule has 6 heteroatoms. The molecule has 0 unspecified atom stereocenters. The first kappa shape index (κ1) is 14.6. The molecule has 0 atom stereocenters. The van der Waals surface area contributed by atoms with Gasteiger partial charge in [-0.15, -0.1) is 0 Å². The zero-order chi connectivity index (χ0) is 14.7. The summed E-state index contributed by atoms with van der Waals surface area (Å²) in [4.78, 5) is 18.0. The molecule has 1 heterocycles. The fraction of sp³-hybridized carbons (Fsp3) is 0.500. The minimum Gasteiger partial charge on any atom is -0.474 e. The molecule has 0 radical (unpaired) electrons. The molecule has 5 nitrogen and oxygen atoms in total. The Bertz CT molecular complexity index is 550. The lowest BCUT2D eigenvalue weighted by molar-refractivity contribution is 0.0764. The Labute approximate surface area is 123 Å². The number of halogens is 1. The summed E-state index contributed by atoms with van der Waals surface area (Å²) in [7, 11) is 0. The van der Waals surface area contributed by atoms with Crippen molar-refractivity contribution in [1.82, 2.24) is 9.88 Å². The third-order valence-corrected chi connectivity index (χ3v) is 3.16. The van der Waals surface area contributed by atoms with E-state index in [-0.39, 0.29) is 24.6 Å². The van der Waals surface area contributed by atoms with Crippen LogP contribution in [0.25, 0.3) is 0 Å². The molecule has 1 aliphatic carbocycles. The van der Waals surface area contributed by atoms with E-state index in [1.165, 1.54) is 6.20 Å². The van der Waals surface area contributed by atoms with Crippen LogP contribution in [-0.4, -0.2) is 34.5 Å². The second kappa shape index (κ2) is 6.10. The van der Waals surface area contributed by atoms with Crippen LogP contribution in [0.2, 0.25) is 5.02 Å². The molecule has 1 fully saturated rings. The van der Waals surface area contributed by atoms with E-state index in [4.69, 9.17) is 21.6 Å². The number of hydrogen-bond acceptors (Lipinski definition) is 4. The van der Waals surface area contributed by atoms with Gasteiger partial charge in [-0.1, -0.05) is 11.6 Å². The third-order valence-electron chi connectivity index (χ3n) is 2.89. The maximum atomic E-state index is 12.3. The number of nitrogens with zero attached hydrogens (tertiary/aromatic N) is 3. The Morgan fingerprint density at radius 3 is 2.85 bits per heavy atom. The molecule has 2 rings (SSSR count). The minimum atomic E-state index is -0.209. The molecule has 0 N–H and O–H groups in total. The Hall–Kier alpha value is -1.80. The maximum absolute atomic E-state index is 12.3. The van der Waals surface area contributed by atoms with Crippen LogP contribution in [0.15, 0.2) is 12.3 Å². The van der Waals surface area contributed by atoms with Crippen molar-refractivity contribution < 1.29 is 9.53 Å². The minimum absolute atomic E-state index is 0.0388. The van der Waals surface area contributed by atoms with E-state index >= 15 is 0 Å². The highest BCUT2D eigenvalue weighted by molar-refractivity contribution is 6.32. The smallest absolute Gasteiger partial charge is 0.256 e. The molecular weight excluding hydrogens is 278 g/mol. The zero-order valence-corrected chi connectivity index (χ0v) is 12.2. The molecule has 1 saturated carbocycles. The van der Waals surface area contributed by atoms with Gasteiger partial charge in [0, 0.05) is 12.2 Å². The van der Waals surface area contributed by atoms with Gasteiger partial charge in [-0.2, -0.15) is 5.26 Å². The molecule has 1 aliphatic rings. The number of ether oxygens (including phenoxy) is 1. The van der Waals surface area contributed by atoms with Gasteiger partial charge in [0.15, 0.2) is 0 Å². The highest BCUT2D eigenvalue weighted by Crippen LogP contribution is 2.29. The van der Waals surface area contributed by atoms with Crippen LogP contribution in [0.3, 0.4) is 0 Å². The SMILES string of the molecule is CC(C)Oc1ncc(C(=O)N(CC#N)C2CC2)cc1Cl. The van der Waals surface area contributed by atoms with Gasteiger partial charge in [0.05, 0.1) is 17.7 Å². The Kier molecular flexibility index (Phi) is 4.46. The molecule has 0 saturated heterocycles. The van der Waals surface area contributed by atoms with Crippen LogP contribution in [0.1, 0.15) is 37.0 Å². The first-order chi connectivity index (χ1) is 9.52. The normalized spacial score (nSPS) is 13.9. The fourth-order valence-electron chi connectivity index (χ4n) is 1.85. The number of amides is 1. The van der Waals surface area contributed by atoms with Crippen LogP contribution in [0, 0.1) is 11.3 Å². The van der Waals surface area contributed by atoms with E-state index in [0.29, 0.717) is 16.5 Å². The molecule has 0 aliphatic heterocycles. The lowest BCUT2D eigenvalue weighted by Crippen LogP contribution is -2.33. The number of nitriles is 1. The summed E-state index contributed by atoms with van der Waals surface area (Å²) in [6.07, 6.45) is 3.30. The topological polar surface area (TPSA) is 66.2 Å². The van der Waals surface area contributed by atoms with Crippen molar-refractivity contribution in [2.75, 3.05) is 6.54 Å². The van der Waals surface area contributed by atoms with Gasteiger partial charge in [0.2, 0.25) is 5.88 Å². The molecule has 1 aromatic rings. The lowest BCUT2D eigenvalue weighted by atomic mass is 10.2. The van der Waals surface area contributed by atoms with Gasteiger partial charge in [-0.05, 0) is 32.8 Å². The molecule has 0 bridgehead atoms. The van der Waals surface area contributed by atoms with E-state index in [1.807, 2.05) is 19.9 Å². The van der Waals surface area contributed by atoms with Crippen LogP contribution in [-0.2, 0) is 0 Å². The van der Waals surface area contributed by atoms with Crippen molar-refractivity contribution in [1.29, 1.82) is 5.26 Å². The summed E-state index contributed by atoms with van der Waals surface area (Å²) in [6.45, 7) is 3.84. The first-order valence-electron chi connectivity index (χ1n) is 6.53. The quantitative estimate of drug-likeness (QED) is 0.783. The van der Waals surface area contributed by atoms with Gasteiger partial charge in [0.25, 0.3) is 5.91 Å². The van der Waals surface area contributed by atoms with Crippen LogP contribution in [0.4, 0.5) is 0 Å². The second-order valence-corrected chi connectivity index (χ2v) is 5.41. The summed E-state index contributed by atoms with van der Waals surface area (Å²) in [5, 5.41) is 9.10. The summed E-state index contributed by atoms with van der Waals surface area (Å²) >= 11 is 6.07. The van der Waals surface area contributed by atoms with Crippen LogP contribution in [0.5, 0.6) is 5.88 Å². The lowest BCUT2D eigenvalue weighted by Gasteiger charge is -2.19. The van der Waals surface area contributed by atoms with E-state index in [9.17, 15) is 4.79 Å². The van der Waals surface area contributed by atoms with Gasteiger partial charge < -0.3 is 9.64 Å². The highest BCUT2D eigenvalue weighted by Gasteiger charge is 2.33. The molecule has 0 aromatic carbocycles. The van der Waals surface area contributed by atoms with Crippen molar-refractivity contribution in [2.24, 2.45) is 0 Å². The average molecular weight is 294 g/mol. The Morgan fingerprint density at radius 2 is 2.35 bits per heavy atom. The Morgan fingerprint density at radius 1 is 1.65 bits per heavy atom. The van der Waals surface area contributed by atoms with E-state index in [0.717, 1.165) is 12.8 Å². The van der Waals surface area contributed by atoms with Crippen LogP contribution < -0.4 is 4.74 Å². The largest absolute Gasteiger partial charge is 0.474 e. The van der Waals surface area contributed by atoms with Crippen LogP contribution >= 0.6 is 11.6 Å². The fourth-order valence-corrected chi connectivity index (χ4v) is 2.06. The highest BCUT2D eigenvalue weighted by atomic mass is 35.5. The van der Waals surface area contributed by atoms with Gasteiger partial charge in [-0.3, -0.25) is 4.79 Å². The molecular formula is C14H16ClN3O2. The standard InChI is InChI=1S/C14H16ClN3O2/c1-9(2)20-13-12(15)7-10(8-17-13)14(19)18(6-5-16)11-3-4-11/h7-9,11H,3-4,6H2,1-2H3. The molecule has 0 spiro atoms. The number of hydrogen-bond donors (Lipinski definition) is 0. The van der Waals surface area contributed by atoms with Gasteiger partial charge in [-0.25, -0.2) is 4.98 Å². The summed E-state index contributed by atoms with van der Waals surface area (Å²) in [6, 6.07) is 3.74. The summed E-state index contributed by atoms with van der Waals surface area (Å²) < 4.78 is 5.43. The average Bonchev–Trinajstić information content (AvgIpc) is 3.21. The van der Waals surface area contributed by atoms with Crippen molar-refractivity contribution in [3.8, 4) is 11.9 Å². The maximum Gasteiger partial charge on any atom is 0.256 e. The number of pyridine rings is 1. The van der Waals surface area contributed by atoms with Crippen molar-refractivity contribution in [2.45, 2.75) is 38.8 Å². The predicted octanol–water partition coefficient (Wildman–Crippen LogP) is 2.65. The van der Waals surface area contributed by atoms with Gasteiger partial charge >= 0.3 is 0 Å². The number of carbonyl (C=O) groups is 1. The van der Waals surface area contributed by atoms with Crippen molar-refractivity contribution in [3.05, 3.63) is 22.8 Å². The molecule has 20 heavy (non-hydrogen) atoms. The first-order valence-corrected chi connectivity index (χ1v) is 6.91. The van der Waals surface area contributed by atoms with Gasteiger partial charge in [0.1, 0.15) is 11.6 Å². The van der Waals surface area contributed by atoms with E-state index in [2.05, 4.69) is 4.98 Å². The molecule has 1 amide bonds. The number of aromatic nitrogens is 1. The summed E-state index contributed by atoms with van der Waals surface area (Å²) in [5.74, 6) is 0.107. The Balaban J connectivity index is 2.18. The number of rotatable bonds is 5. The monoisotopic (exact) mass is 293 g/mol. The van der Waals surface area contributed by atoms with Crippen molar-refractivity contribution in [3.63, 3.8) is 0 Å². The predicted molar refractivity (Wildman–Crippen MR) is 74.7 cm³/mol.